The minimum absolute atomic E-state index is 0.108. The summed E-state index contributed by atoms with van der Waals surface area (Å²) in [5, 5.41) is 8.95. The van der Waals surface area contributed by atoms with E-state index < -0.39 is 77.3 Å². The maximum absolute atomic E-state index is 14.1. The fraction of sp³-hybridized carbons (Fsp3) is 0.500. The molecule has 37 heavy (non-hydrogen) atoms. The number of carbonyl (C=O) groups excluding carboxylic acids is 3. The quantitative estimate of drug-likeness (QED) is 0.344. The van der Waals surface area contributed by atoms with Crippen molar-refractivity contribution in [2.45, 2.75) is 64.5 Å². The lowest BCUT2D eigenvalue weighted by Crippen LogP contribution is -2.45. The SMILES string of the molecule is CC(C)(C)OC(=O)N[C@H](CC(=O)c1ccc(F)c(F)c1F)CC(=O)N1CCn2c(nnc2C(F)(F)F)C1. The van der Waals surface area contributed by atoms with Crippen molar-refractivity contribution in [3.05, 3.63) is 46.8 Å². The zero-order valence-electron chi connectivity index (χ0n) is 20.0. The fourth-order valence-corrected chi connectivity index (χ4v) is 3.64. The number of nitrogens with zero attached hydrogens (tertiary/aromatic N) is 4. The second kappa shape index (κ2) is 10.4. The van der Waals surface area contributed by atoms with E-state index in [-0.39, 0.29) is 25.5 Å². The minimum Gasteiger partial charge on any atom is -0.444 e. The number of benzene rings is 1. The molecule has 0 bridgehead atoms. The van der Waals surface area contributed by atoms with Crippen molar-refractivity contribution < 1.29 is 45.5 Å². The van der Waals surface area contributed by atoms with Crippen molar-refractivity contribution in [1.29, 1.82) is 0 Å². The van der Waals surface area contributed by atoms with Gasteiger partial charge in [-0.1, -0.05) is 0 Å². The van der Waals surface area contributed by atoms with E-state index in [1.165, 1.54) is 0 Å². The van der Waals surface area contributed by atoms with Crippen molar-refractivity contribution in [2.24, 2.45) is 0 Å². The Bertz CT molecular complexity index is 1210. The lowest BCUT2D eigenvalue weighted by Gasteiger charge is -2.30. The number of ketones is 1. The molecule has 2 amide bonds. The van der Waals surface area contributed by atoms with Crippen LogP contribution < -0.4 is 5.32 Å². The highest BCUT2D eigenvalue weighted by Gasteiger charge is 2.40. The molecule has 0 radical (unpaired) electrons. The van der Waals surface area contributed by atoms with Crippen molar-refractivity contribution in [3.8, 4) is 0 Å². The van der Waals surface area contributed by atoms with Crippen LogP contribution in [0.4, 0.5) is 31.1 Å². The predicted octanol–water partition coefficient (Wildman–Crippen LogP) is 3.61. The van der Waals surface area contributed by atoms with E-state index in [4.69, 9.17) is 4.74 Å². The Morgan fingerprint density at radius 1 is 1.03 bits per heavy atom. The number of hydrogen-bond acceptors (Lipinski definition) is 6. The summed E-state index contributed by atoms with van der Waals surface area (Å²) < 4.78 is 86.1. The number of hydrogen-bond donors (Lipinski definition) is 1. The average Bonchev–Trinajstić information content (AvgIpc) is 3.19. The van der Waals surface area contributed by atoms with Crippen LogP contribution in [0.3, 0.4) is 0 Å². The van der Waals surface area contributed by atoms with Crippen molar-refractivity contribution >= 4 is 17.8 Å². The Labute approximate surface area is 206 Å². The Kier molecular flexibility index (Phi) is 7.83. The molecule has 9 nitrogen and oxygen atoms in total. The molecule has 1 aliphatic heterocycles. The molecule has 3 rings (SSSR count). The number of alkyl halides is 3. The van der Waals surface area contributed by atoms with E-state index in [9.17, 15) is 40.7 Å². The van der Waals surface area contributed by atoms with Gasteiger partial charge in [0.25, 0.3) is 0 Å². The third-order valence-corrected chi connectivity index (χ3v) is 5.27. The largest absolute Gasteiger partial charge is 0.451 e. The standard InChI is InChI=1S/C22H23F6N5O4/c1-21(2,3)37-20(36)29-11(8-14(34)12-4-5-13(23)18(25)17(12)24)9-16(35)32-6-7-33-15(10-32)30-31-19(33)22(26,27)28/h4-5,11H,6-10H2,1-3H3,(H,29,36)/t11-/m1/s1. The Morgan fingerprint density at radius 2 is 1.70 bits per heavy atom. The Balaban J connectivity index is 1.76. The smallest absolute Gasteiger partial charge is 0.444 e. The molecule has 1 atom stereocenters. The van der Waals surface area contributed by atoms with E-state index in [0.29, 0.717) is 6.07 Å². The van der Waals surface area contributed by atoms with Gasteiger partial charge in [0.1, 0.15) is 5.60 Å². The van der Waals surface area contributed by atoms with Gasteiger partial charge in [-0.05, 0) is 32.9 Å². The number of nitrogens with one attached hydrogen (secondary N) is 1. The number of amides is 2. The number of fused-ring (bicyclic) bond motifs is 1. The number of halogens is 6. The molecular weight excluding hydrogens is 512 g/mol. The highest BCUT2D eigenvalue weighted by molar-refractivity contribution is 5.97. The van der Waals surface area contributed by atoms with Gasteiger partial charge >= 0.3 is 12.3 Å². The van der Waals surface area contributed by atoms with Gasteiger partial charge in [0.15, 0.2) is 29.1 Å². The summed E-state index contributed by atoms with van der Waals surface area (Å²) in [6.07, 6.45) is -6.95. The third kappa shape index (κ3) is 6.77. The van der Waals surface area contributed by atoms with E-state index in [1.54, 1.807) is 20.8 Å². The van der Waals surface area contributed by atoms with Gasteiger partial charge in [-0.15, -0.1) is 10.2 Å². The summed E-state index contributed by atoms with van der Waals surface area (Å²) in [5.41, 5.74) is -1.73. The molecule has 1 N–H and O–H groups in total. The summed E-state index contributed by atoms with van der Waals surface area (Å²) in [4.78, 5) is 39.0. The maximum Gasteiger partial charge on any atom is 0.451 e. The van der Waals surface area contributed by atoms with E-state index in [1.807, 2.05) is 0 Å². The number of alkyl carbamates (subject to hydrolysis) is 1. The van der Waals surface area contributed by atoms with Gasteiger partial charge in [0, 0.05) is 32.0 Å². The van der Waals surface area contributed by atoms with Gasteiger partial charge in [-0.3, -0.25) is 9.59 Å². The summed E-state index contributed by atoms with van der Waals surface area (Å²) in [6.45, 7) is 3.99. The van der Waals surface area contributed by atoms with E-state index in [2.05, 4.69) is 15.5 Å². The van der Waals surface area contributed by atoms with Gasteiger partial charge < -0.3 is 19.5 Å². The topological polar surface area (TPSA) is 106 Å². The summed E-state index contributed by atoms with van der Waals surface area (Å²) in [6, 6.07) is 0.0255. The van der Waals surface area contributed by atoms with Gasteiger partial charge in [-0.2, -0.15) is 13.2 Å². The fourth-order valence-electron chi connectivity index (χ4n) is 3.64. The molecule has 1 aliphatic rings. The first kappa shape index (κ1) is 27.9. The molecule has 2 aromatic rings. The molecule has 1 aromatic carbocycles. The van der Waals surface area contributed by atoms with Crippen LogP contribution in [0, 0.1) is 17.5 Å². The van der Waals surface area contributed by atoms with E-state index in [0.717, 1.165) is 15.5 Å². The molecule has 1 aromatic heterocycles. The molecule has 0 aliphatic carbocycles. The van der Waals surface area contributed by atoms with Crippen molar-refractivity contribution in [3.63, 3.8) is 0 Å². The average molecular weight is 535 g/mol. The number of carbonyl (C=O) groups is 3. The van der Waals surface area contributed by atoms with Crippen LogP contribution in [0.5, 0.6) is 0 Å². The van der Waals surface area contributed by atoms with Crippen LogP contribution >= 0.6 is 0 Å². The number of aromatic nitrogens is 3. The third-order valence-electron chi connectivity index (χ3n) is 5.27. The van der Waals surface area contributed by atoms with E-state index >= 15 is 0 Å². The molecule has 0 unspecified atom stereocenters. The second-order valence-corrected chi connectivity index (χ2v) is 9.30. The molecule has 0 saturated heterocycles. The van der Waals surface area contributed by atoms with Crippen LogP contribution in [-0.2, 0) is 28.8 Å². The number of rotatable bonds is 6. The van der Waals surface area contributed by atoms with Crippen LogP contribution in [-0.4, -0.2) is 55.6 Å². The molecule has 202 valence electrons. The van der Waals surface area contributed by atoms with Crippen LogP contribution in [0.15, 0.2) is 12.1 Å². The first-order valence-electron chi connectivity index (χ1n) is 11.0. The molecule has 2 heterocycles. The minimum atomic E-state index is -4.73. The van der Waals surface area contributed by atoms with Crippen LogP contribution in [0.25, 0.3) is 0 Å². The first-order chi connectivity index (χ1) is 17.1. The van der Waals surface area contributed by atoms with Crippen molar-refractivity contribution in [2.75, 3.05) is 6.54 Å². The zero-order valence-corrected chi connectivity index (χ0v) is 20.0. The predicted molar refractivity (Wildman–Crippen MR) is 113 cm³/mol. The molecule has 0 saturated carbocycles. The lowest BCUT2D eigenvalue weighted by molar-refractivity contribution is -0.148. The molecule has 15 heteroatoms. The van der Waals surface area contributed by atoms with Crippen LogP contribution in [0.1, 0.15) is 55.6 Å². The van der Waals surface area contributed by atoms with Gasteiger partial charge in [0.05, 0.1) is 12.1 Å². The summed E-state index contributed by atoms with van der Waals surface area (Å²) in [5.74, 6) is -8.07. The lowest BCUT2D eigenvalue weighted by atomic mass is 10.00. The second-order valence-electron chi connectivity index (χ2n) is 9.30. The Morgan fingerprint density at radius 3 is 2.32 bits per heavy atom. The zero-order chi connectivity index (χ0) is 27.7. The monoisotopic (exact) mass is 535 g/mol. The summed E-state index contributed by atoms with van der Waals surface area (Å²) >= 11 is 0. The highest BCUT2D eigenvalue weighted by Crippen LogP contribution is 2.29. The molecule has 0 fully saturated rings. The Hall–Kier alpha value is -3.65. The normalized spacial score (nSPS) is 14.7. The summed E-state index contributed by atoms with van der Waals surface area (Å²) in [7, 11) is 0. The number of ether oxygens (including phenoxy) is 1. The molecule has 0 spiro atoms. The highest BCUT2D eigenvalue weighted by atomic mass is 19.4. The maximum atomic E-state index is 14.1. The number of Topliss-reactive ketones (excluding diaryl/α,β-unsaturated/α-hetero) is 1. The van der Waals surface area contributed by atoms with Crippen molar-refractivity contribution in [1.82, 2.24) is 25.0 Å². The van der Waals surface area contributed by atoms with Crippen LogP contribution in [0.2, 0.25) is 0 Å². The van der Waals surface area contributed by atoms with Gasteiger partial charge in [-0.25, -0.2) is 18.0 Å². The molecular formula is C22H23F6N5O4. The first-order valence-corrected chi connectivity index (χ1v) is 11.0. The van der Waals surface area contributed by atoms with Gasteiger partial charge in [0.2, 0.25) is 11.7 Å².